The molecule has 0 aliphatic heterocycles. The number of allylic oxidation sites excluding steroid dienone is 1. The molecule has 0 aliphatic carbocycles. The molecule has 3 nitrogen and oxygen atoms in total. The monoisotopic (exact) mass is 338 g/mol. The Morgan fingerprint density at radius 2 is 1.48 bits per heavy atom. The lowest BCUT2D eigenvalue weighted by molar-refractivity contribution is 0.441. The second-order valence-electron chi connectivity index (χ2n) is 6.00. The van der Waals surface area contributed by atoms with E-state index in [1.165, 1.54) is 51.2 Å². The third-order valence-corrected chi connectivity index (χ3v) is 5.03. The van der Waals surface area contributed by atoms with Crippen LogP contribution >= 0.6 is 0 Å². The van der Waals surface area contributed by atoms with E-state index in [4.69, 9.17) is 4.18 Å². The van der Waals surface area contributed by atoms with Crippen molar-refractivity contribution in [1.29, 1.82) is 0 Å². The molecular formula is C19H30O3S. The number of rotatable bonds is 12. The molecule has 1 aromatic rings. The third kappa shape index (κ3) is 8.80. The highest BCUT2D eigenvalue weighted by atomic mass is 32.2. The molecule has 0 atom stereocenters. The van der Waals surface area contributed by atoms with Crippen molar-refractivity contribution in [2.24, 2.45) is 0 Å². The maximum absolute atomic E-state index is 11.9. The normalized spacial score (nSPS) is 11.9. The fourth-order valence-electron chi connectivity index (χ4n) is 2.34. The Morgan fingerprint density at radius 3 is 2.09 bits per heavy atom. The van der Waals surface area contributed by atoms with Gasteiger partial charge in [-0.3, -0.25) is 0 Å². The SMILES string of the molecule is CCCCCCCCCCC=COS(=O)(=O)c1ccc(C)cc1. The average Bonchev–Trinajstić information content (AvgIpc) is 2.53. The van der Waals surface area contributed by atoms with E-state index >= 15 is 0 Å². The Bertz CT molecular complexity index is 544. The van der Waals surface area contributed by atoms with Gasteiger partial charge < -0.3 is 4.18 Å². The largest absolute Gasteiger partial charge is 0.387 e. The molecular weight excluding hydrogens is 308 g/mol. The minimum atomic E-state index is -3.67. The summed E-state index contributed by atoms with van der Waals surface area (Å²) in [7, 11) is -3.67. The van der Waals surface area contributed by atoms with Crippen molar-refractivity contribution in [3.8, 4) is 0 Å². The van der Waals surface area contributed by atoms with Crippen molar-refractivity contribution in [1.82, 2.24) is 0 Å². The zero-order valence-corrected chi connectivity index (χ0v) is 15.3. The van der Waals surface area contributed by atoms with Crippen molar-refractivity contribution >= 4 is 10.1 Å². The molecule has 0 spiro atoms. The molecule has 0 saturated heterocycles. The predicted molar refractivity (Wildman–Crippen MR) is 95.8 cm³/mol. The van der Waals surface area contributed by atoms with Gasteiger partial charge in [0.15, 0.2) is 0 Å². The maximum Gasteiger partial charge on any atom is 0.338 e. The second-order valence-corrected chi connectivity index (χ2v) is 7.57. The molecule has 23 heavy (non-hydrogen) atoms. The Labute approximate surface area is 141 Å². The fourth-order valence-corrected chi connectivity index (χ4v) is 3.14. The van der Waals surface area contributed by atoms with E-state index in [0.29, 0.717) is 0 Å². The molecule has 0 N–H and O–H groups in total. The van der Waals surface area contributed by atoms with E-state index in [1.54, 1.807) is 30.3 Å². The summed E-state index contributed by atoms with van der Waals surface area (Å²) in [5.74, 6) is 0. The van der Waals surface area contributed by atoms with Crippen LogP contribution in [0.1, 0.15) is 70.3 Å². The molecule has 0 unspecified atom stereocenters. The van der Waals surface area contributed by atoms with Crippen molar-refractivity contribution in [3.05, 3.63) is 42.2 Å². The maximum atomic E-state index is 11.9. The number of unbranched alkanes of at least 4 members (excludes halogenated alkanes) is 8. The fraction of sp³-hybridized carbons (Fsp3) is 0.579. The van der Waals surface area contributed by atoms with Gasteiger partial charge in [-0.2, -0.15) is 8.42 Å². The lowest BCUT2D eigenvalue weighted by Crippen LogP contribution is -2.01. The Hall–Kier alpha value is -1.29. The van der Waals surface area contributed by atoms with Gasteiger partial charge in [-0.05, 0) is 38.0 Å². The van der Waals surface area contributed by atoms with Crippen LogP contribution in [0.5, 0.6) is 0 Å². The molecule has 0 bridgehead atoms. The number of hydrogen-bond acceptors (Lipinski definition) is 3. The smallest absolute Gasteiger partial charge is 0.338 e. The minimum Gasteiger partial charge on any atom is -0.387 e. The van der Waals surface area contributed by atoms with Crippen LogP contribution in [0.15, 0.2) is 41.5 Å². The summed E-state index contributed by atoms with van der Waals surface area (Å²) in [6.07, 6.45) is 14.1. The topological polar surface area (TPSA) is 43.4 Å². The number of hydrogen-bond donors (Lipinski definition) is 0. The summed E-state index contributed by atoms with van der Waals surface area (Å²) < 4.78 is 28.8. The third-order valence-electron chi connectivity index (χ3n) is 3.81. The summed E-state index contributed by atoms with van der Waals surface area (Å²) in [6.45, 7) is 4.15. The zero-order chi connectivity index (χ0) is 17.0. The van der Waals surface area contributed by atoms with Gasteiger partial charge in [0.2, 0.25) is 0 Å². The van der Waals surface area contributed by atoms with Gasteiger partial charge in [-0.15, -0.1) is 0 Å². The molecule has 4 heteroatoms. The molecule has 1 aromatic carbocycles. The molecule has 1 rings (SSSR count). The lowest BCUT2D eigenvalue weighted by Gasteiger charge is -2.03. The highest BCUT2D eigenvalue weighted by molar-refractivity contribution is 7.86. The number of benzene rings is 1. The van der Waals surface area contributed by atoms with Crippen LogP contribution in [0.25, 0.3) is 0 Å². The first kappa shape index (κ1) is 19.8. The summed E-state index contributed by atoms with van der Waals surface area (Å²) in [5, 5.41) is 0. The van der Waals surface area contributed by atoms with Crippen LogP contribution in [0.2, 0.25) is 0 Å². The lowest BCUT2D eigenvalue weighted by atomic mass is 10.1. The van der Waals surface area contributed by atoms with Crippen molar-refractivity contribution in [3.63, 3.8) is 0 Å². The molecule has 0 amide bonds. The van der Waals surface area contributed by atoms with Gasteiger partial charge in [-0.1, -0.05) is 69.6 Å². The van der Waals surface area contributed by atoms with E-state index in [1.807, 2.05) is 6.92 Å². The molecule has 0 aromatic heterocycles. The van der Waals surface area contributed by atoms with Crippen LogP contribution in [-0.2, 0) is 14.3 Å². The zero-order valence-electron chi connectivity index (χ0n) is 14.5. The molecule has 0 saturated carbocycles. The Morgan fingerprint density at radius 1 is 0.913 bits per heavy atom. The van der Waals surface area contributed by atoms with Crippen LogP contribution in [0.4, 0.5) is 0 Å². The summed E-state index contributed by atoms with van der Waals surface area (Å²) >= 11 is 0. The van der Waals surface area contributed by atoms with Crippen LogP contribution in [0, 0.1) is 6.92 Å². The van der Waals surface area contributed by atoms with Gasteiger partial charge in [0.05, 0.1) is 0 Å². The highest BCUT2D eigenvalue weighted by Gasteiger charge is 2.13. The van der Waals surface area contributed by atoms with E-state index in [0.717, 1.165) is 18.4 Å². The van der Waals surface area contributed by atoms with Crippen LogP contribution < -0.4 is 0 Å². The van der Waals surface area contributed by atoms with Gasteiger partial charge in [-0.25, -0.2) is 0 Å². The van der Waals surface area contributed by atoms with E-state index in [-0.39, 0.29) is 4.90 Å². The standard InChI is InChI=1S/C19H30O3S/c1-3-4-5-6-7-8-9-10-11-12-17-22-23(20,21)19-15-13-18(2)14-16-19/h12-17H,3-11H2,1-2H3. The molecule has 0 radical (unpaired) electrons. The second kappa shape index (κ2) is 11.3. The summed E-state index contributed by atoms with van der Waals surface area (Å²) in [6, 6.07) is 6.66. The molecule has 0 heterocycles. The first-order valence-corrected chi connectivity index (χ1v) is 10.1. The minimum absolute atomic E-state index is 0.194. The van der Waals surface area contributed by atoms with Gasteiger partial charge in [0.1, 0.15) is 11.2 Å². The van der Waals surface area contributed by atoms with Gasteiger partial charge >= 0.3 is 10.1 Å². The van der Waals surface area contributed by atoms with Gasteiger partial charge in [0.25, 0.3) is 0 Å². The Kier molecular flexibility index (Phi) is 9.69. The highest BCUT2D eigenvalue weighted by Crippen LogP contribution is 2.14. The molecule has 130 valence electrons. The van der Waals surface area contributed by atoms with Crippen molar-refractivity contribution < 1.29 is 12.6 Å². The molecule has 0 aliphatic rings. The quantitative estimate of drug-likeness (QED) is 0.277. The van der Waals surface area contributed by atoms with E-state index < -0.39 is 10.1 Å². The van der Waals surface area contributed by atoms with Gasteiger partial charge in [0, 0.05) is 0 Å². The summed E-state index contributed by atoms with van der Waals surface area (Å²) in [5.41, 5.74) is 1.02. The van der Waals surface area contributed by atoms with Crippen molar-refractivity contribution in [2.45, 2.75) is 76.5 Å². The van der Waals surface area contributed by atoms with Crippen LogP contribution in [0.3, 0.4) is 0 Å². The van der Waals surface area contributed by atoms with E-state index in [2.05, 4.69) is 6.92 Å². The Balaban J connectivity index is 2.15. The van der Waals surface area contributed by atoms with Crippen molar-refractivity contribution in [2.75, 3.05) is 0 Å². The van der Waals surface area contributed by atoms with E-state index in [9.17, 15) is 8.42 Å². The predicted octanol–water partition coefficient (Wildman–Crippen LogP) is 5.74. The first-order valence-electron chi connectivity index (χ1n) is 8.71. The first-order chi connectivity index (χ1) is 11.1. The molecule has 0 fully saturated rings. The summed E-state index contributed by atoms with van der Waals surface area (Å²) in [4.78, 5) is 0.194. The van der Waals surface area contributed by atoms with Crippen LogP contribution in [-0.4, -0.2) is 8.42 Å². The number of aryl methyl sites for hydroxylation is 1. The average molecular weight is 339 g/mol.